The van der Waals surface area contributed by atoms with Gasteiger partial charge in [0.15, 0.2) is 0 Å². The Hall–Kier alpha value is -3.38. The highest BCUT2D eigenvalue weighted by Gasteiger charge is 2.16. The summed E-state index contributed by atoms with van der Waals surface area (Å²) in [7, 11) is 0. The third-order valence-corrected chi connectivity index (χ3v) is 6.14. The molecule has 0 unspecified atom stereocenters. The van der Waals surface area contributed by atoms with Crippen LogP contribution < -0.4 is 5.43 Å². The van der Waals surface area contributed by atoms with Crippen molar-refractivity contribution < 1.29 is 4.79 Å². The predicted molar refractivity (Wildman–Crippen MR) is 133 cm³/mol. The number of para-hydroxylation sites is 1. The zero-order valence-corrected chi connectivity index (χ0v) is 20.1. The second kappa shape index (κ2) is 9.01. The van der Waals surface area contributed by atoms with E-state index in [-0.39, 0.29) is 5.91 Å². The quantitative estimate of drug-likeness (QED) is 0.270. The molecule has 4 rings (SSSR count). The second-order valence-electron chi connectivity index (χ2n) is 7.79. The molecule has 0 saturated carbocycles. The molecule has 162 valence electrons. The lowest BCUT2D eigenvalue weighted by molar-refractivity contribution is 0.0954. The van der Waals surface area contributed by atoms with E-state index >= 15 is 0 Å². The van der Waals surface area contributed by atoms with Gasteiger partial charge >= 0.3 is 0 Å². The highest BCUT2D eigenvalue weighted by Crippen LogP contribution is 2.22. The molecule has 32 heavy (non-hydrogen) atoms. The topological polar surface area (TPSA) is 51.3 Å². The van der Waals surface area contributed by atoms with Crippen LogP contribution in [0.2, 0.25) is 0 Å². The van der Waals surface area contributed by atoms with Gasteiger partial charge in [0.1, 0.15) is 0 Å². The van der Waals surface area contributed by atoms with Gasteiger partial charge in [-0.15, -0.1) is 0 Å². The Balaban J connectivity index is 1.54. The fourth-order valence-electron chi connectivity index (χ4n) is 4.09. The van der Waals surface area contributed by atoms with Crippen molar-refractivity contribution in [2.45, 2.75) is 27.7 Å². The van der Waals surface area contributed by atoms with E-state index in [9.17, 15) is 4.79 Å². The number of rotatable bonds is 5. The molecule has 4 aromatic rings. The SMILES string of the molecule is Cc1cc(/C=N/NC(=O)c2cc(C)n(-c3ccccc3)c2C)c(C)n1-c1ccc(Br)cc1. The molecule has 0 atom stereocenters. The van der Waals surface area contributed by atoms with Gasteiger partial charge in [0.05, 0.1) is 11.8 Å². The number of hydrazone groups is 1. The second-order valence-corrected chi connectivity index (χ2v) is 8.71. The van der Waals surface area contributed by atoms with Crippen LogP contribution in [-0.2, 0) is 0 Å². The first-order chi connectivity index (χ1) is 15.4. The molecule has 0 radical (unpaired) electrons. The van der Waals surface area contributed by atoms with Gasteiger partial charge in [-0.2, -0.15) is 5.10 Å². The van der Waals surface area contributed by atoms with Crippen molar-refractivity contribution in [2.24, 2.45) is 5.10 Å². The summed E-state index contributed by atoms with van der Waals surface area (Å²) in [4.78, 5) is 12.8. The van der Waals surface area contributed by atoms with E-state index < -0.39 is 0 Å². The molecule has 0 aliphatic carbocycles. The Morgan fingerprint density at radius 2 is 1.44 bits per heavy atom. The van der Waals surface area contributed by atoms with Crippen molar-refractivity contribution in [3.8, 4) is 11.4 Å². The fourth-order valence-corrected chi connectivity index (χ4v) is 4.36. The average Bonchev–Trinajstić information content (AvgIpc) is 3.23. The Kier molecular flexibility index (Phi) is 6.15. The van der Waals surface area contributed by atoms with Gasteiger partial charge < -0.3 is 9.13 Å². The Labute approximate surface area is 196 Å². The minimum Gasteiger partial charge on any atom is -0.318 e. The van der Waals surface area contributed by atoms with Crippen LogP contribution in [0, 0.1) is 27.7 Å². The van der Waals surface area contributed by atoms with Crippen LogP contribution in [0.5, 0.6) is 0 Å². The minimum absolute atomic E-state index is 0.224. The van der Waals surface area contributed by atoms with E-state index in [0.29, 0.717) is 5.56 Å². The number of amides is 1. The lowest BCUT2D eigenvalue weighted by atomic mass is 10.2. The van der Waals surface area contributed by atoms with E-state index in [1.807, 2.05) is 69.3 Å². The molecule has 0 spiro atoms. The number of benzene rings is 2. The molecule has 5 nitrogen and oxygen atoms in total. The van der Waals surface area contributed by atoms with Crippen molar-refractivity contribution in [1.82, 2.24) is 14.6 Å². The molecule has 1 amide bonds. The first-order valence-electron chi connectivity index (χ1n) is 10.4. The first-order valence-corrected chi connectivity index (χ1v) is 11.2. The molecule has 2 heterocycles. The van der Waals surface area contributed by atoms with Crippen molar-refractivity contribution in [3.63, 3.8) is 0 Å². The van der Waals surface area contributed by atoms with E-state index in [4.69, 9.17) is 0 Å². The summed E-state index contributed by atoms with van der Waals surface area (Å²) in [6.07, 6.45) is 1.70. The highest BCUT2D eigenvalue weighted by atomic mass is 79.9. The summed E-state index contributed by atoms with van der Waals surface area (Å²) in [5.41, 5.74) is 10.4. The Morgan fingerprint density at radius 3 is 2.12 bits per heavy atom. The van der Waals surface area contributed by atoms with E-state index in [1.54, 1.807) is 6.21 Å². The van der Waals surface area contributed by atoms with Crippen LogP contribution in [0.15, 0.2) is 76.3 Å². The zero-order valence-electron chi connectivity index (χ0n) is 18.6. The maximum atomic E-state index is 12.8. The van der Waals surface area contributed by atoms with Crippen LogP contribution in [0.25, 0.3) is 11.4 Å². The predicted octanol–water partition coefficient (Wildman–Crippen LogP) is 6.03. The average molecular weight is 489 g/mol. The molecular weight excluding hydrogens is 464 g/mol. The third-order valence-electron chi connectivity index (χ3n) is 5.61. The standard InChI is InChI=1S/C26H25BrN4O/c1-17-14-21(19(3)30(17)24-12-10-22(27)11-13-24)16-28-29-26(32)25-15-18(2)31(20(25)4)23-8-6-5-7-9-23/h5-16H,1-4H3,(H,29,32)/b28-16+. The van der Waals surface area contributed by atoms with Gasteiger partial charge in [-0.05, 0) is 76.2 Å². The maximum Gasteiger partial charge on any atom is 0.273 e. The molecule has 0 bridgehead atoms. The van der Waals surface area contributed by atoms with Gasteiger partial charge in [-0.1, -0.05) is 34.1 Å². The maximum absolute atomic E-state index is 12.8. The summed E-state index contributed by atoms with van der Waals surface area (Å²) >= 11 is 3.48. The molecule has 0 aliphatic heterocycles. The number of hydrogen-bond acceptors (Lipinski definition) is 2. The van der Waals surface area contributed by atoms with Gasteiger partial charge in [-0.25, -0.2) is 5.43 Å². The summed E-state index contributed by atoms with van der Waals surface area (Å²) in [6, 6.07) is 22.1. The lowest BCUT2D eigenvalue weighted by Crippen LogP contribution is -2.18. The number of halogens is 1. The largest absolute Gasteiger partial charge is 0.318 e. The summed E-state index contributed by atoms with van der Waals surface area (Å²) in [5, 5.41) is 4.24. The number of aromatic nitrogens is 2. The van der Waals surface area contributed by atoms with Crippen molar-refractivity contribution in [2.75, 3.05) is 0 Å². The molecular formula is C26H25BrN4O. The van der Waals surface area contributed by atoms with Crippen LogP contribution in [0.1, 0.15) is 38.7 Å². The fraction of sp³-hybridized carbons (Fsp3) is 0.154. The van der Waals surface area contributed by atoms with E-state index in [2.05, 4.69) is 60.7 Å². The minimum atomic E-state index is -0.224. The molecule has 0 saturated heterocycles. The number of nitrogens with one attached hydrogen (secondary N) is 1. The normalized spacial score (nSPS) is 11.3. The number of nitrogens with zero attached hydrogens (tertiary/aromatic N) is 3. The zero-order chi connectivity index (χ0) is 22.8. The molecule has 1 N–H and O–H groups in total. The third kappa shape index (κ3) is 4.18. The molecule has 2 aromatic heterocycles. The molecule has 6 heteroatoms. The summed E-state index contributed by atoms with van der Waals surface area (Å²) in [5.74, 6) is -0.224. The molecule has 0 aliphatic rings. The number of hydrogen-bond donors (Lipinski definition) is 1. The number of aryl methyl sites for hydroxylation is 2. The Morgan fingerprint density at radius 1 is 0.844 bits per heavy atom. The smallest absolute Gasteiger partial charge is 0.273 e. The van der Waals surface area contributed by atoms with E-state index in [0.717, 1.165) is 44.2 Å². The Bertz CT molecular complexity index is 1300. The van der Waals surface area contributed by atoms with Crippen LogP contribution >= 0.6 is 15.9 Å². The van der Waals surface area contributed by atoms with Crippen molar-refractivity contribution >= 4 is 28.1 Å². The van der Waals surface area contributed by atoms with Gasteiger partial charge in [-0.3, -0.25) is 4.79 Å². The molecule has 0 fully saturated rings. The van der Waals surface area contributed by atoms with Crippen molar-refractivity contribution in [3.05, 3.63) is 105 Å². The van der Waals surface area contributed by atoms with Gasteiger partial charge in [0, 0.05) is 44.2 Å². The summed E-state index contributed by atoms with van der Waals surface area (Å²) in [6.45, 7) is 8.05. The van der Waals surface area contributed by atoms with E-state index in [1.165, 1.54) is 0 Å². The monoisotopic (exact) mass is 488 g/mol. The van der Waals surface area contributed by atoms with Crippen LogP contribution in [-0.4, -0.2) is 21.3 Å². The highest BCUT2D eigenvalue weighted by molar-refractivity contribution is 9.10. The number of carbonyl (C=O) groups is 1. The molecule has 2 aromatic carbocycles. The number of carbonyl (C=O) groups excluding carboxylic acids is 1. The lowest BCUT2D eigenvalue weighted by Gasteiger charge is -2.09. The summed E-state index contributed by atoms with van der Waals surface area (Å²) < 4.78 is 5.29. The first kappa shape index (κ1) is 21.8. The van der Waals surface area contributed by atoms with Crippen LogP contribution in [0.3, 0.4) is 0 Å². The van der Waals surface area contributed by atoms with Crippen molar-refractivity contribution in [1.29, 1.82) is 0 Å². The van der Waals surface area contributed by atoms with Gasteiger partial charge in [0.25, 0.3) is 5.91 Å². The van der Waals surface area contributed by atoms with Crippen LogP contribution in [0.4, 0.5) is 0 Å². The van der Waals surface area contributed by atoms with Gasteiger partial charge in [0.2, 0.25) is 0 Å².